The topological polar surface area (TPSA) is 117 Å². The number of carbonyl (C=O) groups is 4. The predicted octanol–water partition coefficient (Wildman–Crippen LogP) is 1.19. The highest BCUT2D eigenvalue weighted by atomic mass is 16.6. The van der Waals surface area contributed by atoms with E-state index < -0.39 is 35.1 Å². The van der Waals surface area contributed by atoms with Crippen molar-refractivity contribution < 1.29 is 23.9 Å². The molecule has 5 amide bonds. The van der Waals surface area contributed by atoms with E-state index in [1.165, 1.54) is 0 Å². The van der Waals surface area contributed by atoms with E-state index in [9.17, 15) is 19.2 Å². The van der Waals surface area contributed by atoms with Crippen LogP contribution in [0, 0.1) is 0 Å². The molecule has 3 N–H and O–H groups in total. The average Bonchev–Trinajstić information content (AvgIpc) is 2.70. The van der Waals surface area contributed by atoms with Gasteiger partial charge in [-0.2, -0.15) is 5.01 Å². The van der Waals surface area contributed by atoms with Gasteiger partial charge >= 0.3 is 12.1 Å². The molecule has 2 rings (SSSR count). The number of imide groups is 1. The van der Waals surface area contributed by atoms with Gasteiger partial charge in [0, 0.05) is 13.0 Å². The molecule has 0 aromatic rings. The molecule has 0 atom stereocenters. The van der Waals surface area contributed by atoms with Gasteiger partial charge in [0.2, 0.25) is 5.91 Å². The Balaban J connectivity index is 1.79. The SMILES string of the molecule is CC(C)(C)OC(=O)NCCC(=O)NN1C(=O)NC2(CCCCC2)C1=O. The van der Waals surface area contributed by atoms with Crippen LogP contribution in [-0.4, -0.2) is 46.6 Å². The minimum Gasteiger partial charge on any atom is -0.444 e. The number of nitrogens with one attached hydrogen (secondary N) is 3. The molecule has 2 aliphatic rings. The standard InChI is InChI=1S/C16H26N4O5/c1-15(2,3)25-14(24)17-10-7-11(21)19-20-12(22)16(18-13(20)23)8-5-4-6-9-16/h4-10H2,1-3H3,(H,17,24)(H,18,23)(H,19,21). The molecule has 25 heavy (non-hydrogen) atoms. The Morgan fingerprint density at radius 1 is 1.20 bits per heavy atom. The van der Waals surface area contributed by atoms with E-state index in [1.807, 2.05) is 0 Å². The number of hydrogen-bond acceptors (Lipinski definition) is 5. The Labute approximate surface area is 146 Å². The third-order valence-electron chi connectivity index (χ3n) is 4.13. The van der Waals surface area contributed by atoms with Crippen LogP contribution in [0.4, 0.5) is 9.59 Å². The average molecular weight is 354 g/mol. The smallest absolute Gasteiger partial charge is 0.407 e. The first-order valence-corrected chi connectivity index (χ1v) is 8.56. The van der Waals surface area contributed by atoms with Crippen molar-refractivity contribution in [3.63, 3.8) is 0 Å². The number of urea groups is 1. The number of amides is 5. The van der Waals surface area contributed by atoms with Gasteiger partial charge < -0.3 is 15.4 Å². The number of rotatable bonds is 4. The quantitative estimate of drug-likeness (QED) is 0.656. The third kappa shape index (κ3) is 4.83. The Morgan fingerprint density at radius 3 is 2.44 bits per heavy atom. The molecular formula is C16H26N4O5. The van der Waals surface area contributed by atoms with Gasteiger partial charge in [-0.1, -0.05) is 19.3 Å². The van der Waals surface area contributed by atoms with Gasteiger partial charge in [-0.05, 0) is 33.6 Å². The lowest BCUT2D eigenvalue weighted by atomic mass is 9.82. The molecule has 0 bridgehead atoms. The van der Waals surface area contributed by atoms with Gasteiger partial charge in [-0.15, -0.1) is 0 Å². The fourth-order valence-electron chi connectivity index (χ4n) is 2.99. The van der Waals surface area contributed by atoms with Crippen molar-refractivity contribution >= 4 is 23.9 Å². The first kappa shape index (κ1) is 19.0. The summed E-state index contributed by atoms with van der Waals surface area (Å²) in [7, 11) is 0. The monoisotopic (exact) mass is 354 g/mol. The molecule has 0 aromatic heterocycles. The van der Waals surface area contributed by atoms with Crippen LogP contribution >= 0.6 is 0 Å². The second kappa shape index (κ2) is 7.28. The molecule has 2 fully saturated rings. The molecular weight excluding hydrogens is 328 g/mol. The van der Waals surface area contributed by atoms with Crippen LogP contribution in [0.15, 0.2) is 0 Å². The van der Waals surface area contributed by atoms with Crippen molar-refractivity contribution in [1.82, 2.24) is 21.1 Å². The lowest BCUT2D eigenvalue weighted by molar-refractivity contribution is -0.139. The summed E-state index contributed by atoms with van der Waals surface area (Å²) >= 11 is 0. The Bertz CT molecular complexity index is 563. The summed E-state index contributed by atoms with van der Waals surface area (Å²) in [6.07, 6.45) is 3.24. The van der Waals surface area contributed by atoms with Crippen LogP contribution in [0.2, 0.25) is 0 Å². The highest BCUT2D eigenvalue weighted by Crippen LogP contribution is 2.32. The molecule has 1 heterocycles. The molecule has 0 radical (unpaired) electrons. The molecule has 1 saturated heterocycles. The highest BCUT2D eigenvalue weighted by molar-refractivity contribution is 6.08. The maximum absolute atomic E-state index is 12.5. The van der Waals surface area contributed by atoms with Crippen molar-refractivity contribution in [2.45, 2.75) is 70.4 Å². The molecule has 1 spiro atoms. The second-order valence-corrected chi connectivity index (χ2v) is 7.43. The maximum Gasteiger partial charge on any atom is 0.407 e. The van der Waals surface area contributed by atoms with Crippen molar-refractivity contribution in [3.05, 3.63) is 0 Å². The van der Waals surface area contributed by atoms with E-state index in [-0.39, 0.29) is 13.0 Å². The number of ether oxygens (including phenoxy) is 1. The van der Waals surface area contributed by atoms with Gasteiger partial charge in [0.15, 0.2) is 0 Å². The summed E-state index contributed by atoms with van der Waals surface area (Å²) < 4.78 is 5.05. The van der Waals surface area contributed by atoms with Crippen molar-refractivity contribution in [2.24, 2.45) is 0 Å². The maximum atomic E-state index is 12.5. The van der Waals surface area contributed by atoms with Crippen LogP contribution in [-0.2, 0) is 14.3 Å². The van der Waals surface area contributed by atoms with E-state index in [2.05, 4.69) is 16.1 Å². The van der Waals surface area contributed by atoms with Gasteiger partial charge in [0.05, 0.1) is 0 Å². The lowest BCUT2D eigenvalue weighted by Gasteiger charge is -2.30. The molecule has 9 heteroatoms. The number of carbonyl (C=O) groups excluding carboxylic acids is 4. The van der Waals surface area contributed by atoms with Gasteiger partial charge in [-0.3, -0.25) is 15.0 Å². The highest BCUT2D eigenvalue weighted by Gasteiger charge is 2.52. The zero-order chi connectivity index (χ0) is 18.7. The van der Waals surface area contributed by atoms with Crippen LogP contribution in [0.5, 0.6) is 0 Å². The predicted molar refractivity (Wildman–Crippen MR) is 88.2 cm³/mol. The van der Waals surface area contributed by atoms with Crippen molar-refractivity contribution in [3.8, 4) is 0 Å². The first-order chi connectivity index (χ1) is 11.6. The second-order valence-electron chi connectivity index (χ2n) is 7.43. The summed E-state index contributed by atoms with van der Waals surface area (Å²) in [5.74, 6) is -0.946. The molecule has 1 saturated carbocycles. The van der Waals surface area contributed by atoms with Crippen LogP contribution in [0.3, 0.4) is 0 Å². The number of hydrazine groups is 1. The van der Waals surface area contributed by atoms with Crippen LogP contribution < -0.4 is 16.1 Å². The zero-order valence-corrected chi connectivity index (χ0v) is 14.9. The summed E-state index contributed by atoms with van der Waals surface area (Å²) in [5.41, 5.74) is 0.811. The fourth-order valence-corrected chi connectivity index (χ4v) is 2.99. The minimum absolute atomic E-state index is 0.0372. The van der Waals surface area contributed by atoms with Gasteiger partial charge in [-0.25, -0.2) is 9.59 Å². The molecule has 0 aromatic carbocycles. The first-order valence-electron chi connectivity index (χ1n) is 8.56. The van der Waals surface area contributed by atoms with E-state index in [0.29, 0.717) is 12.8 Å². The molecule has 9 nitrogen and oxygen atoms in total. The Hall–Kier alpha value is -2.32. The Morgan fingerprint density at radius 2 is 1.84 bits per heavy atom. The van der Waals surface area contributed by atoms with Gasteiger partial charge in [0.1, 0.15) is 11.1 Å². The minimum atomic E-state index is -0.878. The zero-order valence-electron chi connectivity index (χ0n) is 14.9. The van der Waals surface area contributed by atoms with E-state index in [1.54, 1.807) is 20.8 Å². The summed E-state index contributed by atoms with van der Waals surface area (Å²) in [4.78, 5) is 48.0. The summed E-state index contributed by atoms with van der Waals surface area (Å²) in [5, 5.41) is 5.91. The molecule has 1 aliphatic carbocycles. The van der Waals surface area contributed by atoms with Crippen LogP contribution in [0.25, 0.3) is 0 Å². The summed E-state index contributed by atoms with van der Waals surface area (Å²) in [6.45, 7) is 5.24. The van der Waals surface area contributed by atoms with Gasteiger partial charge in [0.25, 0.3) is 5.91 Å². The fraction of sp³-hybridized carbons (Fsp3) is 0.750. The third-order valence-corrected chi connectivity index (χ3v) is 4.13. The van der Waals surface area contributed by atoms with E-state index in [4.69, 9.17) is 4.74 Å². The molecule has 1 aliphatic heterocycles. The summed E-state index contributed by atoms with van der Waals surface area (Å²) in [6, 6.07) is -0.611. The van der Waals surface area contributed by atoms with E-state index in [0.717, 1.165) is 24.3 Å². The Kier molecular flexibility index (Phi) is 5.54. The largest absolute Gasteiger partial charge is 0.444 e. The van der Waals surface area contributed by atoms with Crippen molar-refractivity contribution in [1.29, 1.82) is 0 Å². The van der Waals surface area contributed by atoms with E-state index >= 15 is 0 Å². The van der Waals surface area contributed by atoms with Crippen LogP contribution in [0.1, 0.15) is 59.3 Å². The number of nitrogens with zero attached hydrogens (tertiary/aromatic N) is 1. The molecule has 0 unspecified atom stereocenters. The molecule has 140 valence electrons. The van der Waals surface area contributed by atoms with Crippen molar-refractivity contribution in [2.75, 3.05) is 6.54 Å². The lowest BCUT2D eigenvalue weighted by Crippen LogP contribution is -2.51. The normalized spacial score (nSPS) is 19.6. The number of hydrogen-bond donors (Lipinski definition) is 3. The number of alkyl carbamates (subject to hydrolysis) is 1.